The maximum atomic E-state index is 5.88. The third-order valence-corrected chi connectivity index (χ3v) is 3.82. The normalized spacial score (nSPS) is 28.5. The molecule has 0 fully saturated rings. The highest BCUT2D eigenvalue weighted by Gasteiger charge is 2.41. The van der Waals surface area contributed by atoms with Crippen molar-refractivity contribution in [2.45, 2.75) is 38.1 Å². The molecule has 0 bridgehead atoms. The van der Waals surface area contributed by atoms with Gasteiger partial charge in [0.25, 0.3) is 0 Å². The number of allylic oxidation sites excluding steroid dienone is 1. The molecule has 94 valence electrons. The molecule has 0 saturated carbocycles. The fourth-order valence-corrected chi connectivity index (χ4v) is 2.75. The lowest BCUT2D eigenvalue weighted by molar-refractivity contribution is 0.261. The van der Waals surface area contributed by atoms with Crippen LogP contribution in [0.5, 0.6) is 0 Å². The topological polar surface area (TPSA) is 21.6 Å². The van der Waals surface area contributed by atoms with E-state index in [4.69, 9.17) is 9.73 Å². The molecule has 0 spiro atoms. The summed E-state index contributed by atoms with van der Waals surface area (Å²) in [6.07, 6.45) is 5.37. The summed E-state index contributed by atoms with van der Waals surface area (Å²) in [6.45, 7) is 7.15. The Bertz CT molecular complexity index is 542. The molecule has 0 saturated heterocycles. The molecular weight excluding hydrogens is 222 g/mol. The Labute approximate surface area is 108 Å². The first-order valence-electron chi connectivity index (χ1n) is 6.50. The molecule has 18 heavy (non-hydrogen) atoms. The van der Waals surface area contributed by atoms with Gasteiger partial charge in [0.15, 0.2) is 5.90 Å². The number of ether oxygens (including phenoxy) is 1. The Balaban J connectivity index is 2.09. The number of aliphatic imine (C=N–C) groups is 1. The zero-order valence-electron chi connectivity index (χ0n) is 11.2. The van der Waals surface area contributed by atoms with Crippen molar-refractivity contribution in [2.24, 2.45) is 4.99 Å². The fraction of sp³-hybridized carbons (Fsp3) is 0.438. The Morgan fingerprint density at radius 3 is 2.67 bits per heavy atom. The van der Waals surface area contributed by atoms with Crippen molar-refractivity contribution in [1.82, 2.24) is 0 Å². The molecule has 0 radical (unpaired) electrons. The van der Waals surface area contributed by atoms with E-state index < -0.39 is 0 Å². The van der Waals surface area contributed by atoms with Crippen molar-refractivity contribution in [1.29, 1.82) is 0 Å². The Morgan fingerprint density at radius 2 is 1.94 bits per heavy atom. The molecule has 1 aliphatic carbocycles. The minimum atomic E-state index is -0.112. The van der Waals surface area contributed by atoms with Gasteiger partial charge in [-0.2, -0.15) is 0 Å². The Kier molecular flexibility index (Phi) is 2.37. The minimum Gasteiger partial charge on any atom is -0.478 e. The van der Waals surface area contributed by atoms with Crippen molar-refractivity contribution in [3.8, 4) is 0 Å². The number of benzene rings is 1. The van der Waals surface area contributed by atoms with Gasteiger partial charge in [-0.3, -0.25) is 0 Å². The molecule has 2 aliphatic rings. The highest BCUT2D eigenvalue weighted by molar-refractivity contribution is 5.91. The van der Waals surface area contributed by atoms with Gasteiger partial charge in [0, 0.05) is 0 Å². The summed E-state index contributed by atoms with van der Waals surface area (Å²) in [5, 5.41) is 0. The van der Waals surface area contributed by atoms with Gasteiger partial charge in [0.1, 0.15) is 6.61 Å². The summed E-state index contributed by atoms with van der Waals surface area (Å²) in [7, 11) is 0. The van der Waals surface area contributed by atoms with Crippen molar-refractivity contribution >= 4 is 12.0 Å². The highest BCUT2D eigenvalue weighted by Crippen LogP contribution is 2.39. The van der Waals surface area contributed by atoms with Crippen LogP contribution in [0, 0.1) is 0 Å². The van der Waals surface area contributed by atoms with Crippen LogP contribution in [0.3, 0.4) is 0 Å². The van der Waals surface area contributed by atoms with Gasteiger partial charge >= 0.3 is 0 Å². The number of fused-ring (bicyclic) bond motifs is 1. The minimum absolute atomic E-state index is 0.0888. The van der Waals surface area contributed by atoms with Crippen LogP contribution in [0.25, 0.3) is 6.08 Å². The lowest BCUT2D eigenvalue weighted by Gasteiger charge is -2.32. The van der Waals surface area contributed by atoms with Crippen molar-refractivity contribution in [2.75, 3.05) is 6.61 Å². The SMILES string of the molecule is CC1(C)COC(C2(C)CC=Cc3ccccc32)=N1. The van der Waals surface area contributed by atoms with E-state index in [1.54, 1.807) is 0 Å². The molecule has 1 aromatic rings. The Hall–Kier alpha value is -1.57. The highest BCUT2D eigenvalue weighted by atomic mass is 16.5. The van der Waals surface area contributed by atoms with E-state index in [9.17, 15) is 0 Å². The van der Waals surface area contributed by atoms with Crippen molar-refractivity contribution < 1.29 is 4.74 Å². The largest absolute Gasteiger partial charge is 0.478 e. The summed E-state index contributed by atoms with van der Waals surface area (Å²) in [5.74, 6) is 0.893. The predicted molar refractivity (Wildman–Crippen MR) is 74.9 cm³/mol. The third kappa shape index (κ3) is 1.67. The summed E-state index contributed by atoms with van der Waals surface area (Å²) in [6, 6.07) is 8.52. The molecule has 0 aromatic heterocycles. The number of rotatable bonds is 1. The molecule has 1 heterocycles. The Morgan fingerprint density at radius 1 is 1.17 bits per heavy atom. The molecule has 1 atom stereocenters. The van der Waals surface area contributed by atoms with Crippen LogP contribution in [0.2, 0.25) is 0 Å². The molecule has 1 unspecified atom stereocenters. The van der Waals surface area contributed by atoms with Gasteiger partial charge in [0.05, 0.1) is 11.0 Å². The van der Waals surface area contributed by atoms with E-state index in [2.05, 4.69) is 57.2 Å². The first kappa shape index (κ1) is 11.5. The van der Waals surface area contributed by atoms with E-state index in [1.807, 2.05) is 0 Å². The molecular formula is C16H19NO. The second kappa shape index (κ2) is 3.71. The zero-order valence-corrected chi connectivity index (χ0v) is 11.2. The molecule has 0 amide bonds. The predicted octanol–water partition coefficient (Wildman–Crippen LogP) is 3.57. The van der Waals surface area contributed by atoms with Gasteiger partial charge in [-0.25, -0.2) is 4.99 Å². The maximum absolute atomic E-state index is 5.88. The lowest BCUT2D eigenvalue weighted by Crippen LogP contribution is -2.34. The quantitative estimate of drug-likeness (QED) is 0.736. The number of nitrogens with zero attached hydrogens (tertiary/aromatic N) is 1. The van der Waals surface area contributed by atoms with Crippen molar-refractivity contribution in [3.05, 3.63) is 41.5 Å². The van der Waals surface area contributed by atoms with Gasteiger partial charge in [-0.15, -0.1) is 0 Å². The van der Waals surface area contributed by atoms with Gasteiger partial charge in [-0.05, 0) is 38.3 Å². The van der Waals surface area contributed by atoms with E-state index >= 15 is 0 Å². The summed E-state index contributed by atoms with van der Waals surface area (Å²) in [4.78, 5) is 4.78. The average molecular weight is 241 g/mol. The van der Waals surface area contributed by atoms with Crippen LogP contribution in [-0.4, -0.2) is 18.0 Å². The fourth-order valence-electron chi connectivity index (χ4n) is 2.75. The van der Waals surface area contributed by atoms with Crippen LogP contribution in [0.15, 0.2) is 35.3 Å². The number of hydrogen-bond donors (Lipinski definition) is 0. The molecule has 3 rings (SSSR count). The molecule has 0 N–H and O–H groups in total. The monoisotopic (exact) mass is 241 g/mol. The first-order valence-corrected chi connectivity index (χ1v) is 6.50. The average Bonchev–Trinajstić information content (AvgIpc) is 2.71. The molecule has 1 aromatic carbocycles. The maximum Gasteiger partial charge on any atom is 0.194 e. The summed E-state index contributed by atoms with van der Waals surface area (Å²) < 4.78 is 5.88. The smallest absolute Gasteiger partial charge is 0.194 e. The van der Waals surface area contributed by atoms with Gasteiger partial charge in [-0.1, -0.05) is 36.4 Å². The molecule has 1 aliphatic heterocycles. The second-order valence-corrected chi connectivity index (χ2v) is 6.04. The van der Waals surface area contributed by atoms with E-state index in [0.717, 1.165) is 12.3 Å². The van der Waals surface area contributed by atoms with Crippen LogP contribution in [-0.2, 0) is 10.2 Å². The second-order valence-electron chi connectivity index (χ2n) is 6.04. The first-order chi connectivity index (χ1) is 8.51. The van der Waals surface area contributed by atoms with Crippen LogP contribution in [0.4, 0.5) is 0 Å². The van der Waals surface area contributed by atoms with Crippen LogP contribution < -0.4 is 0 Å². The summed E-state index contributed by atoms with van der Waals surface area (Å²) >= 11 is 0. The zero-order chi connectivity index (χ0) is 12.8. The van der Waals surface area contributed by atoms with E-state index in [-0.39, 0.29) is 11.0 Å². The van der Waals surface area contributed by atoms with Crippen molar-refractivity contribution in [3.63, 3.8) is 0 Å². The van der Waals surface area contributed by atoms with Gasteiger partial charge < -0.3 is 4.74 Å². The lowest BCUT2D eigenvalue weighted by atomic mass is 9.74. The molecule has 2 nitrogen and oxygen atoms in total. The van der Waals surface area contributed by atoms with Gasteiger partial charge in [0.2, 0.25) is 0 Å². The van der Waals surface area contributed by atoms with Crippen LogP contribution in [0.1, 0.15) is 38.3 Å². The number of hydrogen-bond acceptors (Lipinski definition) is 2. The van der Waals surface area contributed by atoms with E-state index in [0.29, 0.717) is 6.61 Å². The standard InChI is InChI=1S/C16H19NO/c1-15(2)11-18-14(17-15)16(3)10-6-8-12-7-4-5-9-13(12)16/h4-9H,10-11H2,1-3H3. The van der Waals surface area contributed by atoms with E-state index in [1.165, 1.54) is 11.1 Å². The summed E-state index contributed by atoms with van der Waals surface area (Å²) in [5.41, 5.74) is 2.40. The molecule has 2 heteroatoms. The van der Waals surface area contributed by atoms with Crippen LogP contribution >= 0.6 is 0 Å². The third-order valence-electron chi connectivity index (χ3n) is 3.82.